The number of carbonyl (C=O) groups excluding carboxylic acids is 2. The van der Waals surface area contributed by atoms with Crippen LogP contribution in [0.3, 0.4) is 0 Å². The van der Waals surface area contributed by atoms with Gasteiger partial charge in [0, 0.05) is 31.4 Å². The molecule has 5 heterocycles. The van der Waals surface area contributed by atoms with Gasteiger partial charge < -0.3 is 24.4 Å². The second-order valence-corrected chi connectivity index (χ2v) is 10.5. The molecule has 0 spiro atoms. The number of nitrogens with zero attached hydrogens (tertiary/aromatic N) is 4. The smallest absolute Gasteiger partial charge is 0.329 e. The van der Waals surface area contributed by atoms with Gasteiger partial charge in [0.1, 0.15) is 30.0 Å². The summed E-state index contributed by atoms with van der Waals surface area (Å²) in [6.45, 7) is 11.7. The first-order valence-electron chi connectivity index (χ1n) is 12.7. The number of hydrogen-bond acceptors (Lipinski definition) is 8. The molecule has 5 rings (SSSR count). The van der Waals surface area contributed by atoms with Gasteiger partial charge in [-0.1, -0.05) is 0 Å². The average Bonchev–Trinajstić information content (AvgIpc) is 3.41. The van der Waals surface area contributed by atoms with E-state index in [0.717, 1.165) is 30.8 Å². The summed E-state index contributed by atoms with van der Waals surface area (Å²) in [6.07, 6.45) is 2.22. The first-order chi connectivity index (χ1) is 17.6. The van der Waals surface area contributed by atoms with Crippen molar-refractivity contribution in [2.45, 2.75) is 65.0 Å². The molecular weight excluding hydrogens is 476 g/mol. The number of amides is 3. The van der Waals surface area contributed by atoms with E-state index >= 15 is 0 Å². The molecule has 2 fully saturated rings. The highest BCUT2D eigenvalue weighted by molar-refractivity contribution is 6.05. The molecule has 0 unspecified atom stereocenters. The molecule has 2 aromatic heterocycles. The van der Waals surface area contributed by atoms with Crippen LogP contribution in [0.1, 0.15) is 50.2 Å². The summed E-state index contributed by atoms with van der Waals surface area (Å²) in [7, 11) is 0. The monoisotopic (exact) mass is 510 g/mol. The summed E-state index contributed by atoms with van der Waals surface area (Å²) in [5, 5.41) is 5.79. The van der Waals surface area contributed by atoms with Crippen molar-refractivity contribution >= 4 is 29.3 Å². The second-order valence-electron chi connectivity index (χ2n) is 10.5. The minimum Gasteiger partial charge on any atom is -0.491 e. The minimum absolute atomic E-state index is 0.0242. The molecule has 198 valence electrons. The van der Waals surface area contributed by atoms with Crippen molar-refractivity contribution in [3.8, 4) is 5.75 Å². The summed E-state index contributed by atoms with van der Waals surface area (Å²) in [5.74, 6) is 0.534. The van der Waals surface area contributed by atoms with E-state index in [0.29, 0.717) is 36.3 Å². The maximum absolute atomic E-state index is 13.6. The summed E-state index contributed by atoms with van der Waals surface area (Å²) < 4.78 is 17.2. The van der Waals surface area contributed by atoms with Crippen molar-refractivity contribution in [3.05, 3.63) is 35.7 Å². The Morgan fingerprint density at radius 2 is 2.11 bits per heavy atom. The Hall–Kier alpha value is -3.44. The van der Waals surface area contributed by atoms with Gasteiger partial charge in [0.15, 0.2) is 11.6 Å². The summed E-state index contributed by atoms with van der Waals surface area (Å²) >= 11 is 0. The fraction of sp³-hybridized carbons (Fsp3) is 0.538. The molecule has 2 bridgehead atoms. The highest BCUT2D eigenvalue weighted by Crippen LogP contribution is 2.40. The van der Waals surface area contributed by atoms with Gasteiger partial charge in [-0.3, -0.25) is 15.0 Å². The molecule has 3 aliphatic rings. The maximum atomic E-state index is 13.6. The molecular formula is C26H34N6O5. The molecule has 0 aliphatic carbocycles. The van der Waals surface area contributed by atoms with Crippen molar-refractivity contribution in [2.24, 2.45) is 0 Å². The number of rotatable bonds is 6. The van der Waals surface area contributed by atoms with Gasteiger partial charge in [-0.15, -0.1) is 0 Å². The number of nitrogens with one attached hydrogen (secondary N) is 2. The van der Waals surface area contributed by atoms with Gasteiger partial charge in [0.2, 0.25) is 0 Å². The van der Waals surface area contributed by atoms with Crippen LogP contribution in [0.4, 0.5) is 22.1 Å². The van der Waals surface area contributed by atoms with Crippen LogP contribution in [0.2, 0.25) is 0 Å². The van der Waals surface area contributed by atoms with Crippen LogP contribution in [0.5, 0.6) is 5.75 Å². The fourth-order valence-corrected chi connectivity index (χ4v) is 4.94. The number of urea groups is 1. The Morgan fingerprint density at radius 3 is 2.84 bits per heavy atom. The number of hydrogen-bond donors (Lipinski definition) is 2. The first-order valence-corrected chi connectivity index (χ1v) is 12.7. The Morgan fingerprint density at radius 1 is 1.30 bits per heavy atom. The zero-order valence-corrected chi connectivity index (χ0v) is 21.9. The van der Waals surface area contributed by atoms with Crippen LogP contribution >= 0.6 is 0 Å². The molecule has 2 saturated heterocycles. The Bertz CT molecular complexity index is 1200. The third kappa shape index (κ3) is 5.33. The Balaban J connectivity index is 1.33. The van der Waals surface area contributed by atoms with E-state index in [4.69, 9.17) is 19.2 Å². The molecule has 2 atom stereocenters. The third-order valence-electron chi connectivity index (χ3n) is 6.59. The van der Waals surface area contributed by atoms with E-state index < -0.39 is 5.79 Å². The predicted molar refractivity (Wildman–Crippen MR) is 138 cm³/mol. The number of carbonyl (C=O) groups is 2. The average molecular weight is 511 g/mol. The van der Waals surface area contributed by atoms with E-state index in [1.165, 1.54) is 0 Å². The fourth-order valence-electron chi connectivity index (χ4n) is 4.94. The lowest BCUT2D eigenvalue weighted by molar-refractivity contribution is -0.141. The summed E-state index contributed by atoms with van der Waals surface area (Å²) in [4.78, 5) is 39.2. The number of fused-ring (bicyclic) bond motifs is 4. The molecule has 0 aromatic carbocycles. The van der Waals surface area contributed by atoms with Crippen molar-refractivity contribution in [3.63, 3.8) is 0 Å². The molecule has 2 N–H and O–H groups in total. The topological polar surface area (TPSA) is 118 Å². The zero-order chi connectivity index (χ0) is 26.3. The molecule has 11 nitrogen and oxygen atoms in total. The maximum Gasteiger partial charge on any atom is 0.329 e. The normalized spacial score (nSPS) is 21.7. The minimum atomic E-state index is -0.617. The standard InChI is InChI=1S/C26H34N6O5/c1-15(2)28-24(33)22-16(3)10-20-23(30-22)32(17-7-9-31(20)12-17)25(34)29-21-11-18(6-8-27-21)35-13-19-14-36-26(4,5)37-19/h6,8,10-11,15,17,19H,7,9,12-14H2,1-5H3,(H,28,33)(H,27,29,34)/t17-,19-/m0/s1. The Kier molecular flexibility index (Phi) is 6.67. The lowest BCUT2D eigenvalue weighted by Gasteiger charge is -2.36. The zero-order valence-electron chi connectivity index (χ0n) is 21.9. The van der Waals surface area contributed by atoms with E-state index in [1.54, 1.807) is 23.2 Å². The highest BCUT2D eigenvalue weighted by atomic mass is 16.7. The molecule has 3 amide bonds. The number of pyridine rings is 2. The van der Waals surface area contributed by atoms with Crippen LogP contribution in [0, 0.1) is 6.92 Å². The number of anilines is 3. The van der Waals surface area contributed by atoms with Crippen molar-refractivity contribution in [2.75, 3.05) is 41.4 Å². The Labute approximate surface area is 216 Å². The van der Waals surface area contributed by atoms with Crippen LogP contribution in [-0.2, 0) is 9.47 Å². The van der Waals surface area contributed by atoms with Gasteiger partial charge in [-0.2, -0.15) is 0 Å². The van der Waals surface area contributed by atoms with Gasteiger partial charge in [-0.05, 0) is 58.7 Å². The lowest BCUT2D eigenvalue weighted by Crippen LogP contribution is -2.48. The van der Waals surface area contributed by atoms with Gasteiger partial charge in [-0.25, -0.2) is 14.8 Å². The predicted octanol–water partition coefficient (Wildman–Crippen LogP) is 3.08. The number of ether oxygens (including phenoxy) is 3. The van der Waals surface area contributed by atoms with E-state index in [9.17, 15) is 9.59 Å². The quantitative estimate of drug-likeness (QED) is 0.609. The molecule has 0 saturated carbocycles. The SMILES string of the molecule is Cc1cc2c(nc1C(=O)NC(C)C)N(C(=O)Nc1cc(OC[C@H]3COC(C)(C)O3)ccn1)[C@H]1CCN2C1. The van der Waals surface area contributed by atoms with Crippen LogP contribution in [0.25, 0.3) is 0 Å². The lowest BCUT2D eigenvalue weighted by atomic mass is 10.1. The first kappa shape index (κ1) is 25.2. The molecule has 0 radical (unpaired) electrons. The van der Waals surface area contributed by atoms with Crippen LogP contribution in [0.15, 0.2) is 24.4 Å². The largest absolute Gasteiger partial charge is 0.491 e. The second kappa shape index (κ2) is 9.79. The van der Waals surface area contributed by atoms with Crippen LogP contribution in [-0.4, -0.2) is 72.2 Å². The van der Waals surface area contributed by atoms with E-state index in [-0.39, 0.29) is 30.1 Å². The van der Waals surface area contributed by atoms with Gasteiger partial charge >= 0.3 is 6.03 Å². The number of aromatic nitrogens is 2. The molecule has 37 heavy (non-hydrogen) atoms. The van der Waals surface area contributed by atoms with Crippen molar-refractivity contribution < 1.29 is 23.8 Å². The summed E-state index contributed by atoms with van der Waals surface area (Å²) in [6, 6.07) is 4.93. The van der Waals surface area contributed by atoms with Crippen molar-refractivity contribution in [1.29, 1.82) is 0 Å². The van der Waals surface area contributed by atoms with Gasteiger partial charge in [0.25, 0.3) is 5.91 Å². The van der Waals surface area contributed by atoms with E-state index in [1.807, 2.05) is 40.7 Å². The molecule has 2 aromatic rings. The number of aryl methyl sites for hydroxylation is 1. The van der Waals surface area contributed by atoms with E-state index in [2.05, 4.69) is 20.5 Å². The van der Waals surface area contributed by atoms with Crippen LogP contribution < -0.4 is 25.2 Å². The molecule has 3 aliphatic heterocycles. The summed E-state index contributed by atoms with van der Waals surface area (Å²) in [5.41, 5.74) is 1.95. The highest BCUT2D eigenvalue weighted by Gasteiger charge is 2.41. The molecule has 11 heteroatoms. The van der Waals surface area contributed by atoms with Crippen molar-refractivity contribution in [1.82, 2.24) is 15.3 Å². The van der Waals surface area contributed by atoms with Gasteiger partial charge in [0.05, 0.1) is 18.3 Å². The third-order valence-corrected chi connectivity index (χ3v) is 6.59.